The van der Waals surface area contributed by atoms with Crippen molar-refractivity contribution in [2.24, 2.45) is 5.92 Å². The van der Waals surface area contributed by atoms with Gasteiger partial charge >= 0.3 is 12.1 Å². The van der Waals surface area contributed by atoms with Crippen LogP contribution in [0, 0.1) is 17.8 Å². The maximum absolute atomic E-state index is 12.2. The van der Waals surface area contributed by atoms with Crippen molar-refractivity contribution in [2.75, 3.05) is 13.2 Å². The quantitative estimate of drug-likeness (QED) is 0.525. The van der Waals surface area contributed by atoms with Crippen LogP contribution in [0.25, 0.3) is 11.1 Å². The van der Waals surface area contributed by atoms with E-state index in [4.69, 9.17) is 4.74 Å². The number of hydrogen-bond donors (Lipinski definition) is 3. The zero-order valence-electron chi connectivity index (χ0n) is 19.6. The summed E-state index contributed by atoms with van der Waals surface area (Å²) in [5, 5.41) is 14.5. The van der Waals surface area contributed by atoms with Crippen molar-refractivity contribution in [3.05, 3.63) is 59.7 Å². The van der Waals surface area contributed by atoms with Gasteiger partial charge in [0.2, 0.25) is 0 Å². The summed E-state index contributed by atoms with van der Waals surface area (Å²) < 4.78 is 5.45. The van der Waals surface area contributed by atoms with Gasteiger partial charge in [-0.1, -0.05) is 73.7 Å². The largest absolute Gasteiger partial charge is 0.481 e. The van der Waals surface area contributed by atoms with Crippen molar-refractivity contribution in [3.63, 3.8) is 0 Å². The minimum absolute atomic E-state index is 0.0315. The number of rotatable bonds is 7. The van der Waals surface area contributed by atoms with Crippen molar-refractivity contribution in [3.8, 4) is 23.0 Å². The molecule has 0 radical (unpaired) electrons. The number of alkyl carbamates (subject to hydrolysis) is 1. The van der Waals surface area contributed by atoms with Crippen LogP contribution >= 0.6 is 0 Å². The summed E-state index contributed by atoms with van der Waals surface area (Å²) >= 11 is 0. The number of fused-ring (bicyclic) bond motifs is 3. The van der Waals surface area contributed by atoms with Gasteiger partial charge in [-0.15, -0.1) is 0 Å². The molecule has 0 aliphatic heterocycles. The Balaban J connectivity index is 1.25. The molecule has 35 heavy (non-hydrogen) atoms. The first-order valence-electron chi connectivity index (χ1n) is 12.1. The topological polar surface area (TPSA) is 105 Å². The number of amides is 2. The van der Waals surface area contributed by atoms with Gasteiger partial charge < -0.3 is 20.5 Å². The normalized spacial score (nSPS) is 15.7. The number of carbonyl (C=O) groups is 3. The average molecular weight is 475 g/mol. The van der Waals surface area contributed by atoms with Gasteiger partial charge in [-0.05, 0) is 46.9 Å². The highest BCUT2D eigenvalue weighted by atomic mass is 16.5. The van der Waals surface area contributed by atoms with Gasteiger partial charge in [0, 0.05) is 12.0 Å². The van der Waals surface area contributed by atoms with E-state index in [1.165, 1.54) is 0 Å². The van der Waals surface area contributed by atoms with Crippen LogP contribution in [-0.2, 0) is 14.3 Å². The molecule has 1 saturated carbocycles. The average Bonchev–Trinajstić information content (AvgIpc) is 3.19. The molecule has 182 valence electrons. The SMILES string of the molecule is O=C(O)CC(NC(=O)C#CCNC(=O)OCC1c2ccccc2-c2ccccc21)C1CCCCC1. The van der Waals surface area contributed by atoms with E-state index in [2.05, 4.69) is 46.7 Å². The summed E-state index contributed by atoms with van der Waals surface area (Å²) in [6.45, 7) is 0.156. The van der Waals surface area contributed by atoms with Gasteiger partial charge in [-0.25, -0.2) is 4.79 Å². The van der Waals surface area contributed by atoms with E-state index in [-0.39, 0.29) is 31.4 Å². The van der Waals surface area contributed by atoms with Crippen LogP contribution in [-0.4, -0.2) is 42.3 Å². The number of nitrogens with one attached hydrogen (secondary N) is 2. The number of aliphatic carboxylic acids is 1. The van der Waals surface area contributed by atoms with Crippen LogP contribution in [0.2, 0.25) is 0 Å². The van der Waals surface area contributed by atoms with Crippen LogP contribution in [0.1, 0.15) is 55.6 Å². The lowest BCUT2D eigenvalue weighted by molar-refractivity contribution is -0.138. The third-order valence-electron chi connectivity index (χ3n) is 6.80. The molecular weight excluding hydrogens is 444 g/mol. The number of carboxylic acids is 1. The summed E-state index contributed by atoms with van der Waals surface area (Å²) in [6, 6.07) is 15.8. The summed E-state index contributed by atoms with van der Waals surface area (Å²) in [7, 11) is 0. The lowest BCUT2D eigenvalue weighted by Gasteiger charge is -2.29. The predicted molar refractivity (Wildman–Crippen MR) is 132 cm³/mol. The molecule has 1 fully saturated rings. The van der Waals surface area contributed by atoms with Crippen molar-refractivity contribution < 1.29 is 24.2 Å². The van der Waals surface area contributed by atoms with E-state index in [0.717, 1.165) is 54.4 Å². The fraction of sp³-hybridized carbons (Fsp3) is 0.393. The van der Waals surface area contributed by atoms with Crippen molar-refractivity contribution in [2.45, 2.75) is 50.5 Å². The highest BCUT2D eigenvalue weighted by Gasteiger charge is 2.29. The maximum Gasteiger partial charge on any atom is 0.407 e. The number of ether oxygens (including phenoxy) is 1. The maximum atomic E-state index is 12.2. The Kier molecular flexibility index (Phi) is 8.04. The van der Waals surface area contributed by atoms with E-state index in [9.17, 15) is 19.5 Å². The van der Waals surface area contributed by atoms with Crippen LogP contribution < -0.4 is 10.6 Å². The number of hydrogen-bond acceptors (Lipinski definition) is 4. The zero-order valence-corrected chi connectivity index (χ0v) is 19.6. The third-order valence-corrected chi connectivity index (χ3v) is 6.80. The van der Waals surface area contributed by atoms with Crippen molar-refractivity contribution in [1.82, 2.24) is 10.6 Å². The van der Waals surface area contributed by atoms with Gasteiger partial charge in [0.1, 0.15) is 6.61 Å². The highest BCUT2D eigenvalue weighted by molar-refractivity contribution is 5.94. The molecule has 2 aromatic rings. The Morgan fingerprint density at radius 1 is 0.971 bits per heavy atom. The Morgan fingerprint density at radius 2 is 1.60 bits per heavy atom. The molecule has 2 amide bonds. The van der Waals surface area contributed by atoms with Gasteiger partial charge in [0.15, 0.2) is 0 Å². The smallest absolute Gasteiger partial charge is 0.407 e. The van der Waals surface area contributed by atoms with Gasteiger partial charge in [0.05, 0.1) is 13.0 Å². The Hall–Kier alpha value is -3.79. The molecule has 1 atom stereocenters. The highest BCUT2D eigenvalue weighted by Crippen LogP contribution is 2.44. The number of benzene rings is 2. The van der Waals surface area contributed by atoms with E-state index in [1.807, 2.05) is 24.3 Å². The second kappa shape index (κ2) is 11.6. The molecule has 0 heterocycles. The molecule has 2 aliphatic carbocycles. The van der Waals surface area contributed by atoms with Crippen LogP contribution in [0.15, 0.2) is 48.5 Å². The molecule has 7 heteroatoms. The number of carbonyl (C=O) groups excluding carboxylic acids is 2. The Bertz CT molecular complexity index is 1100. The minimum Gasteiger partial charge on any atom is -0.481 e. The summed E-state index contributed by atoms with van der Waals surface area (Å²) in [4.78, 5) is 35.7. The summed E-state index contributed by atoms with van der Waals surface area (Å²) in [6.07, 6.45) is 4.34. The summed E-state index contributed by atoms with van der Waals surface area (Å²) in [5.74, 6) is 3.71. The van der Waals surface area contributed by atoms with E-state index in [0.29, 0.717) is 0 Å². The van der Waals surface area contributed by atoms with E-state index >= 15 is 0 Å². The molecule has 4 rings (SSSR count). The van der Waals surface area contributed by atoms with Crippen LogP contribution in [0.5, 0.6) is 0 Å². The molecule has 0 bridgehead atoms. The molecule has 2 aliphatic rings. The molecule has 0 aromatic heterocycles. The first-order chi connectivity index (χ1) is 17.0. The van der Waals surface area contributed by atoms with Gasteiger partial charge in [0.25, 0.3) is 5.91 Å². The standard InChI is InChI=1S/C28H30N2O5/c31-26(30-25(17-27(32)33)19-9-2-1-3-10-19)15-8-16-29-28(34)35-18-24-22-13-6-4-11-20(22)21-12-5-7-14-23(21)24/h4-7,11-14,19,24-25H,1-3,9-10,16-18H2,(H,29,34)(H,30,31)(H,32,33). The van der Waals surface area contributed by atoms with Gasteiger partial charge in [-0.2, -0.15) is 0 Å². The number of carboxylic acid groups (broad SMARTS) is 1. The van der Waals surface area contributed by atoms with Gasteiger partial charge in [-0.3, -0.25) is 9.59 Å². The fourth-order valence-corrected chi connectivity index (χ4v) is 5.15. The lowest BCUT2D eigenvalue weighted by Crippen LogP contribution is -2.42. The zero-order chi connectivity index (χ0) is 24.6. The van der Waals surface area contributed by atoms with E-state index < -0.39 is 24.0 Å². The Morgan fingerprint density at radius 3 is 2.23 bits per heavy atom. The monoisotopic (exact) mass is 474 g/mol. The minimum atomic E-state index is -0.939. The first-order valence-corrected chi connectivity index (χ1v) is 12.1. The first kappa shape index (κ1) is 24.3. The molecule has 0 saturated heterocycles. The second-order valence-corrected chi connectivity index (χ2v) is 9.06. The van der Waals surface area contributed by atoms with Crippen LogP contribution in [0.4, 0.5) is 4.79 Å². The summed E-state index contributed by atoms with van der Waals surface area (Å²) in [5.41, 5.74) is 4.57. The second-order valence-electron chi connectivity index (χ2n) is 9.06. The lowest BCUT2D eigenvalue weighted by atomic mass is 9.82. The molecule has 7 nitrogen and oxygen atoms in total. The molecule has 3 N–H and O–H groups in total. The fourth-order valence-electron chi connectivity index (χ4n) is 5.15. The molecule has 0 spiro atoms. The van der Waals surface area contributed by atoms with Crippen molar-refractivity contribution in [1.29, 1.82) is 0 Å². The molecule has 1 unspecified atom stereocenters. The molecular formula is C28H30N2O5. The van der Waals surface area contributed by atoms with Crippen molar-refractivity contribution >= 4 is 18.0 Å². The predicted octanol–water partition coefficient (Wildman–Crippen LogP) is 4.07. The Labute approximate surface area is 205 Å². The third kappa shape index (κ3) is 6.21. The van der Waals surface area contributed by atoms with E-state index in [1.54, 1.807) is 0 Å². The van der Waals surface area contributed by atoms with Crippen LogP contribution in [0.3, 0.4) is 0 Å². The molecule has 2 aromatic carbocycles.